The first-order chi connectivity index (χ1) is 10.8. The third kappa shape index (κ3) is 5.87. The summed E-state index contributed by atoms with van der Waals surface area (Å²) < 4.78 is 5.32. The summed E-state index contributed by atoms with van der Waals surface area (Å²) in [5, 5.41) is 6.59. The van der Waals surface area contributed by atoms with E-state index in [0.29, 0.717) is 12.5 Å². The Balaban J connectivity index is 1.89. The van der Waals surface area contributed by atoms with Crippen molar-refractivity contribution in [2.75, 3.05) is 6.54 Å². The molecule has 2 unspecified atom stereocenters. The molecule has 1 aliphatic rings. The van der Waals surface area contributed by atoms with Gasteiger partial charge in [0.25, 0.3) is 0 Å². The maximum atomic E-state index is 11.9. The Bertz CT molecular complexity index is 532. The zero-order valence-electron chi connectivity index (χ0n) is 15.0. The second-order valence-corrected chi connectivity index (χ2v) is 7.57. The number of ether oxygens (including phenoxy) is 1. The number of nitrogens with one attached hydrogen (secondary N) is 2. The van der Waals surface area contributed by atoms with Gasteiger partial charge in [-0.3, -0.25) is 0 Å². The number of hydrogen-bond donors (Lipinski definition) is 2. The van der Waals surface area contributed by atoms with E-state index in [-0.39, 0.29) is 18.2 Å². The number of benzene rings is 1. The van der Waals surface area contributed by atoms with Gasteiger partial charge < -0.3 is 15.4 Å². The fraction of sp³-hybridized carbons (Fsp3) is 0.632. The van der Waals surface area contributed by atoms with Gasteiger partial charge in [-0.2, -0.15) is 0 Å². The van der Waals surface area contributed by atoms with Crippen LogP contribution in [0.15, 0.2) is 24.3 Å². The van der Waals surface area contributed by atoms with Crippen molar-refractivity contribution in [3.05, 3.63) is 35.4 Å². The lowest BCUT2D eigenvalue weighted by Gasteiger charge is -2.26. The van der Waals surface area contributed by atoms with E-state index in [0.717, 1.165) is 0 Å². The summed E-state index contributed by atoms with van der Waals surface area (Å²) in [5.74, 6) is 0.649. The lowest BCUT2D eigenvalue weighted by molar-refractivity contribution is 0.0520. The monoisotopic (exact) mass is 318 g/mol. The molecule has 2 atom stereocenters. The van der Waals surface area contributed by atoms with E-state index in [1.165, 1.54) is 24.0 Å². The molecular formula is C19H30N2O2. The zero-order chi connectivity index (χ0) is 17.0. The maximum absolute atomic E-state index is 11.9. The van der Waals surface area contributed by atoms with E-state index in [1.807, 2.05) is 20.8 Å². The highest BCUT2D eigenvalue weighted by molar-refractivity contribution is 5.67. The summed E-state index contributed by atoms with van der Waals surface area (Å²) in [6.45, 7) is 10.6. The summed E-state index contributed by atoms with van der Waals surface area (Å²) in [5.41, 5.74) is 2.15. The first-order valence-corrected chi connectivity index (χ1v) is 8.54. The van der Waals surface area contributed by atoms with Gasteiger partial charge in [-0.05, 0) is 64.5 Å². The van der Waals surface area contributed by atoms with Crippen molar-refractivity contribution in [3.63, 3.8) is 0 Å². The number of carbonyl (C=O) groups excluding carboxylic acids is 1. The van der Waals surface area contributed by atoms with Crippen LogP contribution in [0.25, 0.3) is 0 Å². The van der Waals surface area contributed by atoms with E-state index in [4.69, 9.17) is 4.74 Å². The van der Waals surface area contributed by atoms with Gasteiger partial charge in [0.2, 0.25) is 0 Å². The largest absolute Gasteiger partial charge is 0.444 e. The van der Waals surface area contributed by atoms with Crippen LogP contribution in [0.4, 0.5) is 4.79 Å². The van der Waals surface area contributed by atoms with Gasteiger partial charge in [0.15, 0.2) is 0 Å². The number of carbonyl (C=O) groups is 1. The van der Waals surface area contributed by atoms with Crippen molar-refractivity contribution in [3.8, 4) is 0 Å². The summed E-state index contributed by atoms with van der Waals surface area (Å²) in [7, 11) is 0. The van der Waals surface area contributed by atoms with Crippen LogP contribution in [0.5, 0.6) is 0 Å². The zero-order valence-corrected chi connectivity index (χ0v) is 15.0. The predicted molar refractivity (Wildman–Crippen MR) is 93.5 cm³/mol. The van der Waals surface area contributed by atoms with Crippen LogP contribution in [0.3, 0.4) is 0 Å². The van der Waals surface area contributed by atoms with Crippen LogP contribution in [0, 0.1) is 12.8 Å². The molecule has 2 rings (SSSR count). The summed E-state index contributed by atoms with van der Waals surface area (Å²) >= 11 is 0. The van der Waals surface area contributed by atoms with Crippen LogP contribution in [-0.4, -0.2) is 24.3 Å². The molecule has 0 radical (unpaired) electrons. The van der Waals surface area contributed by atoms with Gasteiger partial charge >= 0.3 is 6.09 Å². The number of alkyl carbamates (subject to hydrolysis) is 1. The highest BCUT2D eigenvalue weighted by atomic mass is 16.6. The molecule has 23 heavy (non-hydrogen) atoms. The molecule has 1 amide bonds. The van der Waals surface area contributed by atoms with Crippen LogP contribution in [-0.2, 0) is 4.74 Å². The first kappa shape index (κ1) is 17.8. The minimum Gasteiger partial charge on any atom is -0.444 e. The Hall–Kier alpha value is -1.55. The fourth-order valence-corrected chi connectivity index (χ4v) is 2.85. The molecule has 0 aliphatic heterocycles. The van der Waals surface area contributed by atoms with E-state index in [2.05, 4.69) is 48.7 Å². The lowest BCUT2D eigenvalue weighted by atomic mass is 10.0. The van der Waals surface area contributed by atoms with E-state index in [1.54, 1.807) is 0 Å². The molecule has 4 nitrogen and oxygen atoms in total. The lowest BCUT2D eigenvalue weighted by Crippen LogP contribution is -2.44. The summed E-state index contributed by atoms with van der Waals surface area (Å²) in [6.07, 6.45) is 2.12. The predicted octanol–water partition coefficient (Wildman–Crippen LogP) is 3.95. The Labute approximate surface area is 140 Å². The fourth-order valence-electron chi connectivity index (χ4n) is 2.85. The van der Waals surface area contributed by atoms with E-state index >= 15 is 0 Å². The molecule has 0 heterocycles. The van der Waals surface area contributed by atoms with Crippen LogP contribution < -0.4 is 10.6 Å². The highest BCUT2D eigenvalue weighted by Crippen LogP contribution is 2.33. The summed E-state index contributed by atoms with van der Waals surface area (Å²) in [6, 6.07) is 9.00. The first-order valence-electron chi connectivity index (χ1n) is 8.54. The van der Waals surface area contributed by atoms with E-state index < -0.39 is 5.60 Å². The van der Waals surface area contributed by atoms with Crippen molar-refractivity contribution in [2.45, 2.75) is 65.1 Å². The SMILES string of the molecule is Cc1ccccc1C(C)NC(CNC(=O)OC(C)(C)C)C1CC1. The molecule has 0 saturated heterocycles. The average molecular weight is 318 g/mol. The molecule has 2 N–H and O–H groups in total. The Morgan fingerprint density at radius 2 is 1.96 bits per heavy atom. The Morgan fingerprint density at radius 1 is 1.30 bits per heavy atom. The maximum Gasteiger partial charge on any atom is 0.407 e. The number of aryl methyl sites for hydroxylation is 1. The molecule has 0 bridgehead atoms. The molecule has 0 spiro atoms. The third-order valence-electron chi connectivity index (χ3n) is 4.18. The molecule has 0 aromatic heterocycles. The minimum absolute atomic E-state index is 0.266. The van der Waals surface area contributed by atoms with Crippen molar-refractivity contribution in [1.82, 2.24) is 10.6 Å². The Morgan fingerprint density at radius 3 is 2.52 bits per heavy atom. The molecule has 1 aromatic carbocycles. The van der Waals surface area contributed by atoms with E-state index in [9.17, 15) is 4.79 Å². The molecule has 128 valence electrons. The van der Waals surface area contributed by atoms with Gasteiger partial charge in [0.1, 0.15) is 5.60 Å². The van der Waals surface area contributed by atoms with Crippen molar-refractivity contribution >= 4 is 6.09 Å². The van der Waals surface area contributed by atoms with Crippen molar-refractivity contribution in [1.29, 1.82) is 0 Å². The normalized spacial score (nSPS) is 17.4. The molecule has 1 aliphatic carbocycles. The van der Waals surface area contributed by atoms with Gasteiger partial charge in [0, 0.05) is 18.6 Å². The standard InChI is InChI=1S/C19H30N2O2/c1-13-8-6-7-9-16(13)14(2)21-17(15-10-11-15)12-20-18(22)23-19(3,4)5/h6-9,14-15,17,21H,10-12H2,1-5H3,(H,20,22). The number of rotatable bonds is 6. The number of hydrogen-bond acceptors (Lipinski definition) is 3. The molecule has 1 saturated carbocycles. The topological polar surface area (TPSA) is 50.4 Å². The minimum atomic E-state index is -0.457. The average Bonchev–Trinajstić information content (AvgIpc) is 3.26. The van der Waals surface area contributed by atoms with Gasteiger partial charge in [0.05, 0.1) is 0 Å². The third-order valence-corrected chi connectivity index (χ3v) is 4.18. The second-order valence-electron chi connectivity index (χ2n) is 7.57. The van der Waals surface area contributed by atoms with Crippen LogP contribution in [0.1, 0.15) is 57.7 Å². The van der Waals surface area contributed by atoms with Gasteiger partial charge in [-0.25, -0.2) is 4.79 Å². The molecule has 4 heteroatoms. The Kier molecular flexibility index (Phi) is 5.69. The summed E-state index contributed by atoms with van der Waals surface area (Å²) in [4.78, 5) is 11.9. The quantitative estimate of drug-likeness (QED) is 0.835. The highest BCUT2D eigenvalue weighted by Gasteiger charge is 2.32. The van der Waals surface area contributed by atoms with Crippen LogP contribution in [0.2, 0.25) is 0 Å². The second kappa shape index (κ2) is 7.35. The molecule has 1 fully saturated rings. The smallest absolute Gasteiger partial charge is 0.407 e. The molecular weight excluding hydrogens is 288 g/mol. The number of amides is 1. The van der Waals surface area contributed by atoms with Gasteiger partial charge in [-0.1, -0.05) is 24.3 Å². The van der Waals surface area contributed by atoms with Crippen LogP contribution >= 0.6 is 0 Å². The van der Waals surface area contributed by atoms with Crippen molar-refractivity contribution in [2.24, 2.45) is 5.92 Å². The van der Waals surface area contributed by atoms with Gasteiger partial charge in [-0.15, -0.1) is 0 Å². The molecule has 1 aromatic rings. The van der Waals surface area contributed by atoms with Crippen molar-refractivity contribution < 1.29 is 9.53 Å².